The van der Waals surface area contributed by atoms with E-state index in [0.717, 1.165) is 23.0 Å². The van der Waals surface area contributed by atoms with Crippen molar-refractivity contribution in [3.8, 4) is 17.1 Å². The van der Waals surface area contributed by atoms with Crippen LogP contribution in [0.1, 0.15) is 0 Å². The molecular weight excluding hydrogens is 346 g/mol. The van der Waals surface area contributed by atoms with Gasteiger partial charge in [-0.05, 0) is 6.07 Å². The van der Waals surface area contributed by atoms with Crippen molar-refractivity contribution in [2.45, 2.75) is 0 Å². The van der Waals surface area contributed by atoms with Gasteiger partial charge in [-0.1, -0.05) is 0 Å². The fourth-order valence-electron chi connectivity index (χ4n) is 1.98. The van der Waals surface area contributed by atoms with Gasteiger partial charge in [-0.3, -0.25) is 0 Å². The maximum Gasteiger partial charge on any atom is 0.254 e. The molecule has 0 aliphatic carbocycles. The Morgan fingerprint density at radius 3 is 2.36 bits per heavy atom. The van der Waals surface area contributed by atoms with Gasteiger partial charge in [-0.25, -0.2) is 4.57 Å². The molecule has 0 fully saturated rings. The van der Waals surface area contributed by atoms with Gasteiger partial charge in [-0.15, -0.1) is 4.37 Å². The number of pyridine rings is 1. The largest absolute Gasteiger partial charge is 0.473 e. The first kappa shape index (κ1) is 19.7. The predicted octanol–water partition coefficient (Wildman–Crippen LogP) is 0.450. The minimum atomic E-state index is 0.0298. The quantitative estimate of drug-likeness (QED) is 0.405. The van der Waals surface area contributed by atoms with Gasteiger partial charge in [0, 0.05) is 6.07 Å². The number of aryl methyl sites for hydroxylation is 1. The summed E-state index contributed by atoms with van der Waals surface area (Å²) in [6.07, 6.45) is 3.93. The molecule has 8 nitrogen and oxygen atoms in total. The average Bonchev–Trinajstić information content (AvgIpc) is 3.08. The number of aliphatic hydroxyl groups excluding tert-OH is 1. The number of aliphatic hydroxyl groups is 1. The first-order chi connectivity index (χ1) is 12.3. The molecule has 0 atom stereocenters. The number of aromatic nitrogens is 3. The van der Waals surface area contributed by atoms with Crippen LogP contribution in [0.5, 0.6) is 5.88 Å². The Morgan fingerprint density at radius 1 is 1.00 bits per heavy atom. The van der Waals surface area contributed by atoms with Gasteiger partial charge >= 0.3 is 0 Å². The zero-order valence-corrected chi connectivity index (χ0v) is 15.1. The Hall–Kier alpha value is -1.65. The average molecular weight is 370 g/mol. The lowest BCUT2D eigenvalue weighted by Crippen LogP contribution is -2.26. The molecule has 0 aliphatic rings. The highest BCUT2D eigenvalue weighted by atomic mass is 32.1. The summed E-state index contributed by atoms with van der Waals surface area (Å²) < 4.78 is 32.0. The van der Waals surface area contributed by atoms with E-state index in [0.29, 0.717) is 52.1 Å². The minimum Gasteiger partial charge on any atom is -0.473 e. The Labute approximate surface area is 151 Å². The highest BCUT2D eigenvalue weighted by Crippen LogP contribution is 2.26. The molecule has 0 radical (unpaired) electrons. The second kappa shape index (κ2) is 11.8. The van der Waals surface area contributed by atoms with E-state index in [1.54, 1.807) is 0 Å². The highest BCUT2D eigenvalue weighted by Gasteiger charge is 2.14. The summed E-state index contributed by atoms with van der Waals surface area (Å²) in [6.45, 7) is 3.16. The summed E-state index contributed by atoms with van der Waals surface area (Å²) in [4.78, 5) is 0. The molecule has 9 heteroatoms. The summed E-state index contributed by atoms with van der Waals surface area (Å²) in [6, 6.07) is 3.93. The third kappa shape index (κ3) is 7.41. The maximum atomic E-state index is 8.55. The third-order valence-corrected chi connectivity index (χ3v) is 3.63. The number of hydrogen-bond acceptors (Lipinski definition) is 8. The molecule has 0 saturated heterocycles. The molecule has 1 N–H and O–H groups in total. The molecule has 2 aromatic rings. The summed E-state index contributed by atoms with van der Waals surface area (Å²) in [5.74, 6) is 0.525. The lowest BCUT2D eigenvalue weighted by molar-refractivity contribution is -0.671. The summed E-state index contributed by atoms with van der Waals surface area (Å²) in [7, 11) is 1.96. The standard InChI is InChI=1S/C16H24N3O5S/c1-19-4-2-3-14(13-19)15-16(18-25-17-15)24-12-11-23-10-9-22-8-7-21-6-5-20/h2-4,13,20H,5-12H2,1H3/q+1. The van der Waals surface area contributed by atoms with Crippen molar-refractivity contribution in [1.82, 2.24) is 8.75 Å². The Morgan fingerprint density at radius 2 is 1.68 bits per heavy atom. The lowest BCUT2D eigenvalue weighted by Gasteiger charge is -2.07. The van der Waals surface area contributed by atoms with Gasteiger partial charge in [0.1, 0.15) is 13.7 Å². The molecule has 138 valence electrons. The number of ether oxygens (including phenoxy) is 4. The van der Waals surface area contributed by atoms with Crippen molar-refractivity contribution in [2.24, 2.45) is 7.05 Å². The summed E-state index contributed by atoms with van der Waals surface area (Å²) >= 11 is 1.13. The zero-order valence-electron chi connectivity index (χ0n) is 14.3. The second-order valence-electron chi connectivity index (χ2n) is 5.09. The smallest absolute Gasteiger partial charge is 0.254 e. The van der Waals surface area contributed by atoms with Gasteiger partial charge in [0.05, 0.1) is 63.5 Å². The van der Waals surface area contributed by atoms with Crippen molar-refractivity contribution < 1.29 is 28.6 Å². The van der Waals surface area contributed by atoms with Crippen LogP contribution in [0.4, 0.5) is 0 Å². The Bertz CT molecular complexity index is 611. The second-order valence-corrected chi connectivity index (χ2v) is 5.61. The van der Waals surface area contributed by atoms with E-state index in [1.807, 2.05) is 36.1 Å². The summed E-state index contributed by atoms with van der Waals surface area (Å²) in [5, 5.41) is 8.55. The van der Waals surface area contributed by atoms with Crippen LogP contribution in [-0.2, 0) is 21.3 Å². The maximum absolute atomic E-state index is 8.55. The first-order valence-electron chi connectivity index (χ1n) is 8.06. The summed E-state index contributed by atoms with van der Waals surface area (Å²) in [5.41, 5.74) is 1.71. The lowest BCUT2D eigenvalue weighted by atomic mass is 10.2. The van der Waals surface area contributed by atoms with E-state index in [2.05, 4.69) is 8.75 Å². The van der Waals surface area contributed by atoms with Crippen molar-refractivity contribution in [1.29, 1.82) is 0 Å². The van der Waals surface area contributed by atoms with Crippen molar-refractivity contribution in [3.05, 3.63) is 24.5 Å². The van der Waals surface area contributed by atoms with Crippen LogP contribution in [-0.4, -0.2) is 66.7 Å². The van der Waals surface area contributed by atoms with Crippen LogP contribution in [0.2, 0.25) is 0 Å². The van der Waals surface area contributed by atoms with Crippen molar-refractivity contribution in [2.75, 3.05) is 52.9 Å². The molecule has 2 heterocycles. The number of hydrogen-bond donors (Lipinski definition) is 1. The monoisotopic (exact) mass is 370 g/mol. The third-order valence-electron chi connectivity index (χ3n) is 3.12. The van der Waals surface area contributed by atoms with E-state index in [4.69, 9.17) is 24.1 Å². The molecule has 0 bridgehead atoms. The van der Waals surface area contributed by atoms with Crippen LogP contribution in [0.25, 0.3) is 11.3 Å². The molecule has 25 heavy (non-hydrogen) atoms. The molecule has 0 aromatic carbocycles. The number of rotatable bonds is 13. The normalized spacial score (nSPS) is 11.0. The minimum absolute atomic E-state index is 0.0298. The van der Waals surface area contributed by atoms with Gasteiger partial charge in [0.25, 0.3) is 5.88 Å². The van der Waals surface area contributed by atoms with Gasteiger partial charge in [-0.2, -0.15) is 4.37 Å². The molecule has 0 unspecified atom stereocenters. The Kier molecular flexibility index (Phi) is 9.31. The van der Waals surface area contributed by atoms with E-state index in [1.165, 1.54) is 0 Å². The molecule has 0 spiro atoms. The van der Waals surface area contributed by atoms with Crippen LogP contribution < -0.4 is 9.30 Å². The van der Waals surface area contributed by atoms with Crippen LogP contribution in [0, 0.1) is 0 Å². The van der Waals surface area contributed by atoms with Crippen LogP contribution in [0.15, 0.2) is 24.5 Å². The fraction of sp³-hybridized carbons (Fsp3) is 0.562. The van der Waals surface area contributed by atoms with E-state index >= 15 is 0 Å². The Balaban J connectivity index is 1.58. The molecule has 2 rings (SSSR count). The topological polar surface area (TPSA) is 86.8 Å². The van der Waals surface area contributed by atoms with Crippen molar-refractivity contribution >= 4 is 11.7 Å². The van der Waals surface area contributed by atoms with Gasteiger partial charge in [0.15, 0.2) is 18.1 Å². The fourth-order valence-corrected chi connectivity index (χ4v) is 2.50. The molecular formula is C16H24N3O5S+. The van der Waals surface area contributed by atoms with E-state index in [-0.39, 0.29) is 6.61 Å². The van der Waals surface area contributed by atoms with E-state index < -0.39 is 0 Å². The number of nitrogens with zero attached hydrogens (tertiary/aromatic N) is 3. The first-order valence-corrected chi connectivity index (χ1v) is 8.79. The molecule has 0 amide bonds. The van der Waals surface area contributed by atoms with Gasteiger partial charge < -0.3 is 24.1 Å². The highest BCUT2D eigenvalue weighted by molar-refractivity contribution is 6.99. The van der Waals surface area contributed by atoms with Crippen LogP contribution in [0.3, 0.4) is 0 Å². The SMILES string of the molecule is C[n+]1cccc(-c2nsnc2OCCOCCOCCOCCO)c1. The predicted molar refractivity (Wildman–Crippen MR) is 91.6 cm³/mol. The zero-order chi connectivity index (χ0) is 17.7. The molecule has 2 aromatic heterocycles. The molecule has 0 saturated carbocycles. The van der Waals surface area contributed by atoms with Gasteiger partial charge in [0.2, 0.25) is 0 Å². The molecule has 0 aliphatic heterocycles. The van der Waals surface area contributed by atoms with E-state index in [9.17, 15) is 0 Å². The van der Waals surface area contributed by atoms with Crippen molar-refractivity contribution in [3.63, 3.8) is 0 Å². The van der Waals surface area contributed by atoms with Crippen LogP contribution >= 0.6 is 11.7 Å².